The van der Waals surface area contributed by atoms with E-state index in [0.29, 0.717) is 16.2 Å². The van der Waals surface area contributed by atoms with E-state index in [4.69, 9.17) is 16.4 Å². The Balaban J connectivity index is -0.000000361. The smallest absolute Gasteiger partial charge is 0.160 e. The third-order valence-electron chi connectivity index (χ3n) is 7.41. The summed E-state index contributed by atoms with van der Waals surface area (Å²) in [6.07, 6.45) is 14.8. The Hall–Kier alpha value is -3.17. The predicted octanol–water partition coefficient (Wildman–Crippen LogP) is 14.9. The zero-order chi connectivity index (χ0) is 39.5. The molecule has 0 saturated heterocycles. The van der Waals surface area contributed by atoms with Gasteiger partial charge in [-0.05, 0) is 86.6 Å². The average molecular weight is 698 g/mol. The largest absolute Gasteiger partial charge is 0.507 e. The second-order valence-corrected chi connectivity index (χ2v) is 14.9. The maximum Gasteiger partial charge on any atom is 0.160 e. The molecule has 3 nitrogen and oxygen atoms in total. The highest BCUT2D eigenvalue weighted by atomic mass is 35.5. The predicted molar refractivity (Wildman–Crippen MR) is 222 cm³/mol. The molecule has 0 fully saturated rings. The first kappa shape index (κ1) is 52.6. The average Bonchev–Trinajstić information content (AvgIpc) is 3.03. The topological polar surface area (TPSA) is 54.4 Å². The number of hydrogen-bond acceptors (Lipinski definition) is 3. The molecule has 0 atom stereocenters. The van der Waals surface area contributed by atoms with Crippen LogP contribution in [0, 0.1) is 16.7 Å². The monoisotopic (exact) mass is 697 g/mol. The molecule has 0 amide bonds. The highest BCUT2D eigenvalue weighted by Crippen LogP contribution is 2.34. The van der Waals surface area contributed by atoms with E-state index in [2.05, 4.69) is 95.4 Å². The van der Waals surface area contributed by atoms with Gasteiger partial charge in [0.15, 0.2) is 5.78 Å². The van der Waals surface area contributed by atoms with Crippen LogP contribution in [0.4, 0.5) is 0 Å². The number of carbonyl (C=O) groups is 2. The van der Waals surface area contributed by atoms with Crippen molar-refractivity contribution < 1.29 is 14.7 Å². The number of aliphatic hydroxyl groups excluding tert-OH is 1. The van der Waals surface area contributed by atoms with Gasteiger partial charge >= 0.3 is 0 Å². The molecule has 1 N–H and O–H groups in total. The van der Waals surface area contributed by atoms with E-state index in [1.807, 2.05) is 83.1 Å². The van der Waals surface area contributed by atoms with Crippen LogP contribution in [0.2, 0.25) is 5.02 Å². The summed E-state index contributed by atoms with van der Waals surface area (Å²) >= 11 is 5.98. The molecular weight excluding hydrogens is 624 g/mol. The Morgan fingerprint density at radius 2 is 1.31 bits per heavy atom. The van der Waals surface area contributed by atoms with Gasteiger partial charge in [0.1, 0.15) is 12.5 Å². The Kier molecular flexibility index (Phi) is 30.8. The number of aliphatic hydroxyl groups is 1. The molecule has 1 rings (SSSR count). The lowest BCUT2D eigenvalue weighted by molar-refractivity contribution is -0.113. The van der Waals surface area contributed by atoms with E-state index in [9.17, 15) is 9.90 Å². The summed E-state index contributed by atoms with van der Waals surface area (Å²) in [6, 6.07) is 7.74. The number of hydrogen-bond donors (Lipinski definition) is 1. The van der Waals surface area contributed by atoms with Crippen LogP contribution in [-0.4, -0.2) is 17.7 Å². The maximum absolute atomic E-state index is 11.0. The molecule has 0 saturated carbocycles. The first-order valence-electron chi connectivity index (χ1n) is 17.6. The van der Waals surface area contributed by atoms with Gasteiger partial charge in [-0.3, -0.25) is 4.79 Å². The molecular formula is C45H73ClO3. The van der Waals surface area contributed by atoms with Gasteiger partial charge in [0.25, 0.3) is 0 Å². The summed E-state index contributed by atoms with van der Waals surface area (Å²) in [5.74, 6) is 1.20. The van der Waals surface area contributed by atoms with Gasteiger partial charge in [-0.25, -0.2) is 0 Å². The zero-order valence-electron chi connectivity index (χ0n) is 34.4. The summed E-state index contributed by atoms with van der Waals surface area (Å²) in [7, 11) is 0. The molecule has 0 radical (unpaired) electrons. The summed E-state index contributed by atoms with van der Waals surface area (Å²) in [6.45, 7) is 43.0. The Bertz CT molecular complexity index is 1240. The molecule has 0 aromatic heterocycles. The van der Waals surface area contributed by atoms with Gasteiger partial charge < -0.3 is 9.90 Å². The first-order chi connectivity index (χ1) is 22.5. The van der Waals surface area contributed by atoms with E-state index >= 15 is 0 Å². The lowest BCUT2D eigenvalue weighted by Gasteiger charge is -2.24. The molecule has 49 heavy (non-hydrogen) atoms. The minimum absolute atomic E-state index is 0.0694. The molecule has 278 valence electrons. The van der Waals surface area contributed by atoms with Crippen molar-refractivity contribution in [2.45, 2.75) is 136 Å². The molecule has 0 aliphatic rings. The van der Waals surface area contributed by atoms with Gasteiger partial charge in [0.05, 0.1) is 0 Å². The molecule has 1 aromatic rings. The molecule has 0 unspecified atom stereocenters. The van der Waals surface area contributed by atoms with Crippen LogP contribution >= 0.6 is 11.6 Å². The van der Waals surface area contributed by atoms with Crippen LogP contribution in [0.5, 0.6) is 0 Å². The van der Waals surface area contributed by atoms with Crippen LogP contribution in [0.3, 0.4) is 0 Å². The van der Waals surface area contributed by atoms with Gasteiger partial charge in [-0.2, -0.15) is 0 Å². The number of rotatable bonds is 11. The van der Waals surface area contributed by atoms with Crippen LogP contribution in [0.25, 0.3) is 5.57 Å². The quantitative estimate of drug-likeness (QED) is 0.142. The number of carbonyl (C=O) groups excluding carboxylic acids is 2. The van der Waals surface area contributed by atoms with Crippen molar-refractivity contribution in [2.75, 3.05) is 0 Å². The normalized spacial score (nSPS) is 12.0. The van der Waals surface area contributed by atoms with E-state index in [1.54, 1.807) is 6.92 Å². The van der Waals surface area contributed by atoms with E-state index < -0.39 is 0 Å². The van der Waals surface area contributed by atoms with Gasteiger partial charge in [-0.1, -0.05) is 168 Å². The van der Waals surface area contributed by atoms with Crippen LogP contribution in [-0.2, 0) is 9.59 Å². The van der Waals surface area contributed by atoms with Crippen LogP contribution in [0.1, 0.15) is 142 Å². The fourth-order valence-corrected chi connectivity index (χ4v) is 3.28. The number of unbranched alkanes of at least 4 members (excludes halogenated alkanes) is 1. The highest BCUT2D eigenvalue weighted by molar-refractivity contribution is 6.30. The fourth-order valence-electron chi connectivity index (χ4n) is 3.16. The first-order valence-corrected chi connectivity index (χ1v) is 18.0. The fraction of sp³-hybridized carbons (Fsp3) is 0.511. The van der Waals surface area contributed by atoms with Gasteiger partial charge in [0.2, 0.25) is 0 Å². The van der Waals surface area contributed by atoms with Crippen molar-refractivity contribution in [3.63, 3.8) is 0 Å². The van der Waals surface area contributed by atoms with Crippen LogP contribution < -0.4 is 0 Å². The van der Waals surface area contributed by atoms with Crippen molar-refractivity contribution in [3.8, 4) is 0 Å². The Morgan fingerprint density at radius 3 is 1.61 bits per heavy atom. The van der Waals surface area contributed by atoms with Crippen molar-refractivity contribution >= 4 is 29.7 Å². The molecule has 0 heterocycles. The minimum Gasteiger partial charge on any atom is -0.507 e. The van der Waals surface area contributed by atoms with Gasteiger partial charge in [-0.15, -0.1) is 0 Å². The van der Waals surface area contributed by atoms with Crippen molar-refractivity contribution in [3.05, 3.63) is 112 Å². The molecule has 1 aromatic carbocycles. The standard InChI is InChI=1S/C24H33ClO.C11H16O.C5H12.C4H10.CH2O/c1-9-24(7,8)15-14-17(2)22(26)21(23(4,5)6)16-18(3)19-10-12-20(25)13-11-19;1-8(2)6-7-11(9(3)4)10(5)12;1-4-5(2)3;1-3-4-2;1-2/h10-16,26H,2,9H2,1,3-8H3;6-7H,3H2,1-2,4-5H3;5H,4H2,1-3H3;3-4H2,1-2H3;1H2/b15-14+,18-16+,22-21-;11-7+;;;. The lowest BCUT2D eigenvalue weighted by atomic mass is 9.82. The maximum atomic E-state index is 11.0. The molecule has 0 spiro atoms. The van der Waals surface area contributed by atoms with E-state index in [-0.39, 0.29) is 22.4 Å². The number of benzene rings is 1. The summed E-state index contributed by atoms with van der Waals surface area (Å²) in [5, 5.41) is 11.6. The zero-order valence-corrected chi connectivity index (χ0v) is 35.1. The highest BCUT2D eigenvalue weighted by Gasteiger charge is 2.21. The van der Waals surface area contributed by atoms with Crippen molar-refractivity contribution in [1.29, 1.82) is 0 Å². The van der Waals surface area contributed by atoms with Gasteiger partial charge in [0, 0.05) is 21.7 Å². The molecule has 0 aliphatic heterocycles. The summed E-state index contributed by atoms with van der Waals surface area (Å²) in [5.41, 5.74) is 6.23. The second kappa shape index (κ2) is 28.6. The van der Waals surface area contributed by atoms with E-state index in [0.717, 1.165) is 34.6 Å². The third kappa shape index (κ3) is 28.4. The second-order valence-electron chi connectivity index (χ2n) is 14.5. The lowest BCUT2D eigenvalue weighted by Crippen LogP contribution is -2.12. The molecule has 0 aliphatic carbocycles. The van der Waals surface area contributed by atoms with E-state index in [1.165, 1.54) is 24.8 Å². The SMILES string of the molecule is C=C(/C=C/C(C)(C)CC)/C(O)=C(\C=C(/C)c1ccc(Cl)cc1)C(C)(C)C.C=C(C)/C(=C\C=C(C)C)C(C)=O.C=O.CCC(C)C.CCCC. The summed E-state index contributed by atoms with van der Waals surface area (Å²) < 4.78 is 0. The molecule has 4 heteroatoms. The summed E-state index contributed by atoms with van der Waals surface area (Å²) in [4.78, 5) is 19.0. The molecule has 0 bridgehead atoms. The van der Waals surface area contributed by atoms with Crippen molar-refractivity contribution in [1.82, 2.24) is 0 Å². The number of halogens is 1. The van der Waals surface area contributed by atoms with Crippen molar-refractivity contribution in [2.24, 2.45) is 16.7 Å². The Morgan fingerprint density at radius 1 is 0.857 bits per heavy atom. The third-order valence-corrected chi connectivity index (χ3v) is 7.67. The Labute approximate surface area is 308 Å². The number of Topliss-reactive ketones (excluding diaryl/α,β-unsaturated/α-hetero) is 1. The number of ketones is 1. The number of allylic oxidation sites excluding steroid dienone is 10. The minimum atomic E-state index is -0.213. The van der Waals surface area contributed by atoms with Crippen LogP contribution in [0.15, 0.2) is 101 Å².